The predicted molar refractivity (Wildman–Crippen MR) is 108 cm³/mol. The molecule has 0 spiro atoms. The van der Waals surface area contributed by atoms with Crippen molar-refractivity contribution in [2.24, 2.45) is 0 Å². The smallest absolute Gasteiger partial charge is 0.119 e. The van der Waals surface area contributed by atoms with Gasteiger partial charge in [-0.15, -0.1) is 0 Å². The van der Waals surface area contributed by atoms with Crippen LogP contribution in [0.5, 0.6) is 5.75 Å². The van der Waals surface area contributed by atoms with E-state index in [9.17, 15) is 0 Å². The Labute approximate surface area is 160 Å². The summed E-state index contributed by atoms with van der Waals surface area (Å²) >= 11 is 6.11. The number of benzene rings is 3. The van der Waals surface area contributed by atoms with Gasteiger partial charge in [0.15, 0.2) is 0 Å². The zero-order valence-electron chi connectivity index (χ0n) is 15.0. The summed E-state index contributed by atoms with van der Waals surface area (Å²) in [6, 6.07) is 25.8. The number of methoxy groups -OCH3 is 1. The van der Waals surface area contributed by atoms with Gasteiger partial charge in [-0.25, -0.2) is 0 Å². The third kappa shape index (κ3) is 3.06. The molecule has 1 aliphatic heterocycles. The first-order chi connectivity index (χ1) is 12.7. The number of halogens is 1. The number of anilines is 1. The van der Waals surface area contributed by atoms with Crippen LogP contribution < -0.4 is 9.64 Å². The molecule has 2 atom stereocenters. The lowest BCUT2D eigenvalue weighted by Crippen LogP contribution is -2.28. The summed E-state index contributed by atoms with van der Waals surface area (Å²) in [5.74, 6) is 0.893. The number of ether oxygens (including phenoxy) is 1. The Hall–Kier alpha value is -2.45. The van der Waals surface area contributed by atoms with E-state index in [0.29, 0.717) is 6.04 Å². The minimum atomic E-state index is 0.231. The Balaban J connectivity index is 1.76. The molecular weight excluding hydrogens is 342 g/mol. The van der Waals surface area contributed by atoms with Gasteiger partial charge in [-0.3, -0.25) is 0 Å². The summed E-state index contributed by atoms with van der Waals surface area (Å²) in [4.78, 5) is 2.52. The quantitative estimate of drug-likeness (QED) is 0.546. The van der Waals surface area contributed by atoms with Crippen molar-refractivity contribution in [2.45, 2.75) is 25.4 Å². The van der Waals surface area contributed by atoms with E-state index in [1.54, 1.807) is 7.11 Å². The average molecular weight is 364 g/mol. The van der Waals surface area contributed by atoms with Crippen LogP contribution in [-0.2, 0) is 6.42 Å². The van der Waals surface area contributed by atoms with Crippen LogP contribution >= 0.6 is 11.6 Å². The van der Waals surface area contributed by atoms with Gasteiger partial charge in [0.05, 0.1) is 19.2 Å². The summed E-state index contributed by atoms with van der Waals surface area (Å²) < 4.78 is 5.43. The molecule has 3 aromatic rings. The van der Waals surface area contributed by atoms with E-state index in [0.717, 1.165) is 17.2 Å². The normalized spacial score (nSPS) is 17.0. The van der Waals surface area contributed by atoms with E-state index in [2.05, 4.69) is 66.4 Å². The second-order valence-corrected chi connectivity index (χ2v) is 7.20. The number of fused-ring (bicyclic) bond motifs is 1. The standard InChI is InChI=1S/C23H22ClNO/c1-16(18-7-5-8-21(14-18)26-2)25-22-9-4-3-6-19(22)15-23(25)17-10-12-20(24)13-11-17/h3-14,16,23H,15H2,1-2H3/t16-,23-/m1/s1. The molecule has 1 heterocycles. The van der Waals surface area contributed by atoms with E-state index in [4.69, 9.17) is 16.3 Å². The molecule has 0 fully saturated rings. The maximum Gasteiger partial charge on any atom is 0.119 e. The van der Waals surface area contributed by atoms with Gasteiger partial charge in [0, 0.05) is 10.7 Å². The highest BCUT2D eigenvalue weighted by molar-refractivity contribution is 6.30. The van der Waals surface area contributed by atoms with Gasteiger partial charge in [0.1, 0.15) is 5.75 Å². The van der Waals surface area contributed by atoms with Crippen molar-refractivity contribution in [3.05, 3.63) is 94.5 Å². The van der Waals surface area contributed by atoms with Crippen LogP contribution in [0.25, 0.3) is 0 Å². The van der Waals surface area contributed by atoms with E-state index >= 15 is 0 Å². The molecule has 132 valence electrons. The van der Waals surface area contributed by atoms with Crippen LogP contribution in [0.4, 0.5) is 5.69 Å². The molecule has 0 amide bonds. The van der Waals surface area contributed by atoms with Gasteiger partial charge in [0.2, 0.25) is 0 Å². The van der Waals surface area contributed by atoms with Gasteiger partial charge >= 0.3 is 0 Å². The van der Waals surface area contributed by atoms with E-state index < -0.39 is 0 Å². The lowest BCUT2D eigenvalue weighted by molar-refractivity contribution is 0.413. The Morgan fingerprint density at radius 2 is 1.77 bits per heavy atom. The first-order valence-corrected chi connectivity index (χ1v) is 9.31. The molecule has 2 nitrogen and oxygen atoms in total. The number of hydrogen-bond donors (Lipinski definition) is 0. The summed E-state index contributed by atoms with van der Waals surface area (Å²) in [5.41, 5.74) is 5.24. The zero-order valence-corrected chi connectivity index (χ0v) is 15.8. The molecule has 0 unspecified atom stereocenters. The van der Waals surface area contributed by atoms with Crippen LogP contribution in [0.15, 0.2) is 72.8 Å². The maximum absolute atomic E-state index is 6.11. The van der Waals surface area contributed by atoms with Crippen molar-refractivity contribution >= 4 is 17.3 Å². The molecule has 3 aromatic carbocycles. The molecule has 0 aliphatic carbocycles. The Kier molecular flexibility index (Phi) is 4.60. The van der Waals surface area contributed by atoms with Gasteiger partial charge in [0.25, 0.3) is 0 Å². The summed E-state index contributed by atoms with van der Waals surface area (Å²) in [7, 11) is 1.71. The highest BCUT2D eigenvalue weighted by atomic mass is 35.5. The van der Waals surface area contributed by atoms with Crippen molar-refractivity contribution < 1.29 is 4.74 Å². The van der Waals surface area contributed by atoms with Gasteiger partial charge in [-0.2, -0.15) is 0 Å². The van der Waals surface area contributed by atoms with E-state index in [-0.39, 0.29) is 6.04 Å². The topological polar surface area (TPSA) is 12.5 Å². The lowest BCUT2D eigenvalue weighted by atomic mass is 10.00. The second kappa shape index (κ2) is 7.05. The van der Waals surface area contributed by atoms with Crippen molar-refractivity contribution in [3.63, 3.8) is 0 Å². The van der Waals surface area contributed by atoms with Crippen molar-refractivity contribution in [3.8, 4) is 5.75 Å². The first-order valence-electron chi connectivity index (χ1n) is 8.93. The van der Waals surface area contributed by atoms with Gasteiger partial charge < -0.3 is 9.64 Å². The number of rotatable bonds is 4. The third-order valence-corrected chi connectivity index (χ3v) is 5.52. The molecule has 0 saturated carbocycles. The average Bonchev–Trinajstić information content (AvgIpc) is 3.07. The van der Waals surface area contributed by atoms with Crippen LogP contribution in [0, 0.1) is 0 Å². The maximum atomic E-state index is 6.11. The lowest BCUT2D eigenvalue weighted by Gasteiger charge is -2.34. The van der Waals surface area contributed by atoms with Gasteiger partial charge in [-0.05, 0) is 60.4 Å². The van der Waals surface area contributed by atoms with Crippen molar-refractivity contribution in [1.82, 2.24) is 0 Å². The fraction of sp³-hybridized carbons (Fsp3) is 0.217. The number of hydrogen-bond acceptors (Lipinski definition) is 2. The van der Waals surface area contributed by atoms with Crippen LogP contribution in [-0.4, -0.2) is 7.11 Å². The Morgan fingerprint density at radius 1 is 1.00 bits per heavy atom. The van der Waals surface area contributed by atoms with Crippen molar-refractivity contribution in [2.75, 3.05) is 12.0 Å². The highest BCUT2D eigenvalue weighted by Gasteiger charge is 2.33. The minimum absolute atomic E-state index is 0.231. The summed E-state index contributed by atoms with van der Waals surface area (Å²) in [6.45, 7) is 2.26. The van der Waals surface area contributed by atoms with Crippen molar-refractivity contribution in [1.29, 1.82) is 0 Å². The predicted octanol–water partition coefficient (Wildman–Crippen LogP) is 6.21. The molecule has 0 aromatic heterocycles. The third-order valence-electron chi connectivity index (χ3n) is 5.27. The molecule has 1 aliphatic rings. The molecule has 3 heteroatoms. The summed E-state index contributed by atoms with van der Waals surface area (Å²) in [5, 5.41) is 0.775. The fourth-order valence-electron chi connectivity index (χ4n) is 3.91. The van der Waals surface area contributed by atoms with Crippen LogP contribution in [0.2, 0.25) is 5.02 Å². The van der Waals surface area contributed by atoms with E-state index in [1.165, 1.54) is 22.4 Å². The highest BCUT2D eigenvalue weighted by Crippen LogP contribution is 2.45. The van der Waals surface area contributed by atoms with Gasteiger partial charge in [-0.1, -0.05) is 54.1 Å². The Bertz CT molecular complexity index is 906. The SMILES string of the molecule is COc1cccc([C@@H](C)N2c3ccccc3C[C@@H]2c2ccc(Cl)cc2)c1. The zero-order chi connectivity index (χ0) is 18.1. The molecule has 0 N–H and O–H groups in total. The van der Waals surface area contributed by atoms with E-state index in [1.807, 2.05) is 18.2 Å². The first kappa shape index (κ1) is 17.0. The summed E-state index contributed by atoms with van der Waals surface area (Å²) in [6.07, 6.45) is 1.01. The molecule has 0 bridgehead atoms. The fourth-order valence-corrected chi connectivity index (χ4v) is 4.04. The molecular formula is C23H22ClNO. The monoisotopic (exact) mass is 363 g/mol. The van der Waals surface area contributed by atoms with Crippen LogP contribution in [0.3, 0.4) is 0 Å². The molecule has 26 heavy (non-hydrogen) atoms. The Morgan fingerprint density at radius 3 is 2.54 bits per heavy atom. The molecule has 0 radical (unpaired) electrons. The number of nitrogens with zero attached hydrogens (tertiary/aromatic N) is 1. The molecule has 4 rings (SSSR count). The second-order valence-electron chi connectivity index (χ2n) is 6.76. The number of para-hydroxylation sites is 1. The molecule has 0 saturated heterocycles. The minimum Gasteiger partial charge on any atom is -0.497 e. The largest absolute Gasteiger partial charge is 0.497 e. The van der Waals surface area contributed by atoms with Crippen LogP contribution in [0.1, 0.15) is 35.7 Å².